The van der Waals surface area contributed by atoms with Gasteiger partial charge in [-0.1, -0.05) is 36.0 Å². The molecule has 0 aliphatic carbocycles. The number of anilines is 1. The van der Waals surface area contributed by atoms with Crippen LogP contribution in [-0.2, 0) is 24.1 Å². The standard InChI is InChI=1S/C23H22F3N5OS/c1-3-30-13-18(17-10-5-6-11-19(17)30)21-28-29-22(31(21)4-2)33-14-20(32)27-16-9-7-8-15(12-16)23(24,25)26/h5-13H,3-4,14H2,1-2H3,(H,27,32). The van der Waals surface area contributed by atoms with Gasteiger partial charge < -0.3 is 14.5 Å². The molecule has 1 N–H and O–H groups in total. The molecule has 6 nitrogen and oxygen atoms in total. The third-order valence-electron chi connectivity index (χ3n) is 5.21. The van der Waals surface area contributed by atoms with Gasteiger partial charge in [-0.25, -0.2) is 0 Å². The molecule has 0 bridgehead atoms. The second-order valence-electron chi connectivity index (χ2n) is 7.31. The van der Waals surface area contributed by atoms with Crippen molar-refractivity contribution in [2.24, 2.45) is 0 Å². The van der Waals surface area contributed by atoms with Crippen molar-refractivity contribution in [1.82, 2.24) is 19.3 Å². The summed E-state index contributed by atoms with van der Waals surface area (Å²) in [6.07, 6.45) is -2.42. The van der Waals surface area contributed by atoms with E-state index < -0.39 is 17.6 Å². The van der Waals surface area contributed by atoms with Gasteiger partial charge in [0, 0.05) is 41.4 Å². The third kappa shape index (κ3) is 4.75. The molecule has 2 aromatic heterocycles. The fraction of sp³-hybridized carbons (Fsp3) is 0.261. The van der Waals surface area contributed by atoms with Gasteiger partial charge in [0.15, 0.2) is 11.0 Å². The zero-order valence-corrected chi connectivity index (χ0v) is 18.9. The number of amides is 1. The van der Waals surface area contributed by atoms with E-state index in [0.29, 0.717) is 17.5 Å². The van der Waals surface area contributed by atoms with Crippen molar-refractivity contribution < 1.29 is 18.0 Å². The van der Waals surface area contributed by atoms with Crippen LogP contribution in [0.5, 0.6) is 0 Å². The minimum absolute atomic E-state index is 0.00883. The number of nitrogens with zero attached hydrogens (tertiary/aromatic N) is 4. The molecule has 2 aromatic carbocycles. The van der Waals surface area contributed by atoms with Crippen molar-refractivity contribution in [1.29, 1.82) is 0 Å². The number of aromatic nitrogens is 4. The molecule has 1 amide bonds. The van der Waals surface area contributed by atoms with Gasteiger partial charge in [-0.3, -0.25) is 4.79 Å². The Morgan fingerprint density at radius 3 is 2.58 bits per heavy atom. The summed E-state index contributed by atoms with van der Waals surface area (Å²) in [7, 11) is 0. The first kappa shape index (κ1) is 22.9. The van der Waals surface area contributed by atoms with Gasteiger partial charge in [-0.15, -0.1) is 10.2 Å². The zero-order chi connectivity index (χ0) is 23.6. The van der Waals surface area contributed by atoms with Crippen LogP contribution in [0.25, 0.3) is 22.3 Å². The number of carbonyl (C=O) groups excluding carboxylic acids is 1. The molecule has 10 heteroatoms. The fourth-order valence-corrected chi connectivity index (χ4v) is 4.47. The number of aryl methyl sites for hydroxylation is 1. The van der Waals surface area contributed by atoms with Crippen LogP contribution in [0, 0.1) is 0 Å². The van der Waals surface area contributed by atoms with Crippen molar-refractivity contribution in [2.75, 3.05) is 11.1 Å². The molecular weight excluding hydrogens is 451 g/mol. The van der Waals surface area contributed by atoms with Crippen LogP contribution in [0.15, 0.2) is 59.9 Å². The molecule has 4 rings (SSSR count). The number of thioether (sulfide) groups is 1. The van der Waals surface area contributed by atoms with E-state index in [4.69, 9.17) is 0 Å². The molecule has 0 radical (unpaired) electrons. The van der Waals surface area contributed by atoms with E-state index >= 15 is 0 Å². The number of hydrogen-bond donors (Lipinski definition) is 1. The highest BCUT2D eigenvalue weighted by Crippen LogP contribution is 2.32. The van der Waals surface area contributed by atoms with Crippen LogP contribution in [-0.4, -0.2) is 31.0 Å². The summed E-state index contributed by atoms with van der Waals surface area (Å²) in [6.45, 7) is 5.47. The molecule has 33 heavy (non-hydrogen) atoms. The topological polar surface area (TPSA) is 64.7 Å². The summed E-state index contributed by atoms with van der Waals surface area (Å²) in [5.74, 6) is 0.279. The number of benzene rings is 2. The molecule has 172 valence electrons. The second kappa shape index (κ2) is 9.30. The van der Waals surface area contributed by atoms with Crippen LogP contribution >= 0.6 is 11.8 Å². The lowest BCUT2D eigenvalue weighted by Crippen LogP contribution is -2.15. The zero-order valence-electron chi connectivity index (χ0n) is 18.1. The van der Waals surface area contributed by atoms with Crippen LogP contribution in [0.4, 0.5) is 18.9 Å². The lowest BCUT2D eigenvalue weighted by molar-refractivity contribution is -0.137. The van der Waals surface area contributed by atoms with Crippen LogP contribution < -0.4 is 5.32 Å². The van der Waals surface area contributed by atoms with Crippen molar-refractivity contribution in [3.05, 3.63) is 60.3 Å². The third-order valence-corrected chi connectivity index (χ3v) is 6.18. The van der Waals surface area contributed by atoms with Crippen LogP contribution in [0.1, 0.15) is 19.4 Å². The first-order valence-electron chi connectivity index (χ1n) is 10.4. The maximum absolute atomic E-state index is 12.9. The Balaban J connectivity index is 1.51. The maximum Gasteiger partial charge on any atom is 0.416 e. The van der Waals surface area contributed by atoms with Gasteiger partial charge in [0.2, 0.25) is 5.91 Å². The monoisotopic (exact) mass is 473 g/mol. The fourth-order valence-electron chi connectivity index (χ4n) is 3.67. The molecule has 0 spiro atoms. The Kier molecular flexibility index (Phi) is 6.46. The van der Waals surface area contributed by atoms with E-state index in [1.807, 2.05) is 29.7 Å². The number of para-hydroxylation sites is 1. The molecule has 0 aliphatic rings. The Bertz CT molecular complexity index is 1290. The van der Waals surface area contributed by atoms with E-state index in [0.717, 1.165) is 35.1 Å². The molecule has 0 saturated heterocycles. The second-order valence-corrected chi connectivity index (χ2v) is 8.25. The summed E-state index contributed by atoms with van der Waals surface area (Å²) < 4.78 is 42.7. The van der Waals surface area contributed by atoms with E-state index in [-0.39, 0.29) is 11.4 Å². The average molecular weight is 474 g/mol. The van der Waals surface area contributed by atoms with Gasteiger partial charge in [0.25, 0.3) is 0 Å². The minimum Gasteiger partial charge on any atom is -0.347 e. The van der Waals surface area contributed by atoms with Crippen molar-refractivity contribution >= 4 is 34.3 Å². The minimum atomic E-state index is -4.47. The highest BCUT2D eigenvalue weighted by molar-refractivity contribution is 7.99. The van der Waals surface area contributed by atoms with Gasteiger partial charge in [-0.05, 0) is 38.1 Å². The number of fused-ring (bicyclic) bond motifs is 1. The largest absolute Gasteiger partial charge is 0.416 e. The lowest BCUT2D eigenvalue weighted by Gasteiger charge is -2.10. The average Bonchev–Trinajstić information content (AvgIpc) is 3.38. The molecule has 0 saturated carbocycles. The smallest absolute Gasteiger partial charge is 0.347 e. The first-order valence-corrected chi connectivity index (χ1v) is 11.4. The molecule has 2 heterocycles. The van der Waals surface area contributed by atoms with E-state index in [9.17, 15) is 18.0 Å². The Morgan fingerprint density at radius 2 is 1.85 bits per heavy atom. The highest BCUT2D eigenvalue weighted by atomic mass is 32.2. The van der Waals surface area contributed by atoms with Crippen LogP contribution in [0.3, 0.4) is 0 Å². The molecule has 0 unspecified atom stereocenters. The number of alkyl halides is 3. The summed E-state index contributed by atoms with van der Waals surface area (Å²) in [4.78, 5) is 12.4. The van der Waals surface area contributed by atoms with Gasteiger partial charge >= 0.3 is 6.18 Å². The molecule has 0 atom stereocenters. The Morgan fingerprint density at radius 1 is 1.06 bits per heavy atom. The van der Waals surface area contributed by atoms with E-state index in [1.54, 1.807) is 0 Å². The van der Waals surface area contributed by atoms with Gasteiger partial charge in [0.05, 0.1) is 11.3 Å². The summed E-state index contributed by atoms with van der Waals surface area (Å²) in [6, 6.07) is 12.6. The Hall–Kier alpha value is -3.27. The summed E-state index contributed by atoms with van der Waals surface area (Å²) in [5.41, 5.74) is 1.35. The number of nitrogens with one attached hydrogen (secondary N) is 1. The summed E-state index contributed by atoms with van der Waals surface area (Å²) in [5, 5.41) is 12.8. The predicted octanol–water partition coefficient (Wildman–Crippen LogP) is 5.69. The molecule has 4 aromatic rings. The Labute approximate surface area is 192 Å². The van der Waals surface area contributed by atoms with E-state index in [1.165, 1.54) is 23.9 Å². The van der Waals surface area contributed by atoms with Gasteiger partial charge in [0.1, 0.15) is 0 Å². The quantitative estimate of drug-likeness (QED) is 0.350. The normalized spacial score (nSPS) is 11.8. The lowest BCUT2D eigenvalue weighted by atomic mass is 10.1. The molecule has 0 aliphatic heterocycles. The van der Waals surface area contributed by atoms with Crippen molar-refractivity contribution in [3.63, 3.8) is 0 Å². The highest BCUT2D eigenvalue weighted by Gasteiger charge is 2.30. The SMILES string of the molecule is CCn1c(SCC(=O)Nc2cccc(C(F)(F)F)c2)nnc1-c1cn(CC)c2ccccc12. The number of hydrogen-bond acceptors (Lipinski definition) is 4. The summed E-state index contributed by atoms with van der Waals surface area (Å²) >= 11 is 1.19. The molecule has 0 fully saturated rings. The number of carbonyl (C=O) groups is 1. The number of halogens is 3. The first-order chi connectivity index (χ1) is 15.8. The van der Waals surface area contributed by atoms with Crippen LogP contribution in [0.2, 0.25) is 0 Å². The van der Waals surface area contributed by atoms with Gasteiger partial charge in [-0.2, -0.15) is 13.2 Å². The molecular formula is C23H22F3N5OS. The van der Waals surface area contributed by atoms with Crippen molar-refractivity contribution in [2.45, 2.75) is 38.3 Å². The van der Waals surface area contributed by atoms with Crippen molar-refractivity contribution in [3.8, 4) is 11.4 Å². The number of rotatable bonds is 7. The maximum atomic E-state index is 12.9. The van der Waals surface area contributed by atoms with E-state index in [2.05, 4.69) is 39.3 Å². The predicted molar refractivity (Wildman–Crippen MR) is 123 cm³/mol.